The molecule has 0 unspecified atom stereocenters. The minimum Gasteiger partial charge on any atom is -0.457 e. The van der Waals surface area contributed by atoms with Gasteiger partial charge in [-0.25, -0.2) is 4.98 Å². The van der Waals surface area contributed by atoms with Crippen molar-refractivity contribution in [2.75, 3.05) is 0 Å². The molecular formula is C33H27ClN2O. The Morgan fingerprint density at radius 3 is 2.24 bits per heavy atom. The van der Waals surface area contributed by atoms with Crippen LogP contribution in [0.15, 0.2) is 109 Å². The lowest BCUT2D eigenvalue weighted by molar-refractivity contribution is 0.483. The van der Waals surface area contributed by atoms with E-state index in [-0.39, 0.29) is 5.41 Å². The quantitative estimate of drug-likeness (QED) is 0.240. The van der Waals surface area contributed by atoms with Crippen LogP contribution in [0.5, 0.6) is 11.5 Å². The maximum atomic E-state index is 6.48. The lowest BCUT2D eigenvalue weighted by Crippen LogP contribution is -2.12. The maximum absolute atomic E-state index is 6.48. The number of ether oxygens (including phenoxy) is 1. The van der Waals surface area contributed by atoms with Gasteiger partial charge in [-0.3, -0.25) is 4.57 Å². The molecule has 0 saturated heterocycles. The van der Waals surface area contributed by atoms with E-state index < -0.39 is 0 Å². The normalized spacial score (nSPS) is 11.8. The second kappa shape index (κ2) is 9.10. The van der Waals surface area contributed by atoms with E-state index in [1.807, 2.05) is 48.7 Å². The Morgan fingerprint density at radius 2 is 1.43 bits per heavy atom. The van der Waals surface area contributed by atoms with Gasteiger partial charge in [0, 0.05) is 28.1 Å². The molecule has 6 aromatic rings. The van der Waals surface area contributed by atoms with Gasteiger partial charge in [0.15, 0.2) is 0 Å². The fourth-order valence-electron chi connectivity index (χ4n) is 4.82. The van der Waals surface area contributed by atoms with Crippen LogP contribution in [0, 0.1) is 0 Å². The van der Waals surface area contributed by atoms with Gasteiger partial charge in [0.05, 0.1) is 11.0 Å². The summed E-state index contributed by atoms with van der Waals surface area (Å²) in [7, 11) is 0. The number of hydrogen-bond acceptors (Lipinski definition) is 2. The number of pyridine rings is 1. The van der Waals surface area contributed by atoms with E-state index in [1.165, 1.54) is 10.9 Å². The second-order valence-corrected chi connectivity index (χ2v) is 10.8. The van der Waals surface area contributed by atoms with Crippen LogP contribution in [0.1, 0.15) is 26.3 Å². The molecule has 0 amide bonds. The third kappa shape index (κ3) is 4.47. The molecule has 0 saturated carbocycles. The van der Waals surface area contributed by atoms with Crippen LogP contribution in [0.2, 0.25) is 5.02 Å². The van der Waals surface area contributed by atoms with E-state index in [0.29, 0.717) is 10.8 Å². The molecular weight excluding hydrogens is 476 g/mol. The van der Waals surface area contributed by atoms with E-state index >= 15 is 0 Å². The Kier molecular flexibility index (Phi) is 5.73. The lowest BCUT2D eigenvalue weighted by atomic mass is 9.88. The Morgan fingerprint density at radius 1 is 0.676 bits per heavy atom. The zero-order chi connectivity index (χ0) is 25.6. The number of fused-ring (bicyclic) bond motifs is 3. The van der Waals surface area contributed by atoms with E-state index in [2.05, 4.69) is 86.0 Å². The molecule has 0 spiro atoms. The van der Waals surface area contributed by atoms with E-state index in [0.717, 1.165) is 39.1 Å². The minimum atomic E-state index is 0.0216. The number of halogens is 1. The van der Waals surface area contributed by atoms with Crippen molar-refractivity contribution in [1.82, 2.24) is 9.55 Å². The van der Waals surface area contributed by atoms with Crippen LogP contribution in [0.3, 0.4) is 0 Å². The van der Waals surface area contributed by atoms with Crippen molar-refractivity contribution in [3.05, 3.63) is 120 Å². The maximum Gasteiger partial charge on any atom is 0.137 e. The largest absolute Gasteiger partial charge is 0.457 e. The summed E-state index contributed by atoms with van der Waals surface area (Å²) in [6, 6.07) is 35.0. The molecule has 0 aliphatic heterocycles. The van der Waals surface area contributed by atoms with Gasteiger partial charge in [-0.15, -0.1) is 0 Å². The Balaban J connectivity index is 1.48. The fraction of sp³-hybridized carbons (Fsp3) is 0.121. The molecule has 4 aromatic carbocycles. The van der Waals surface area contributed by atoms with Crippen LogP contribution < -0.4 is 4.74 Å². The summed E-state index contributed by atoms with van der Waals surface area (Å²) < 4.78 is 8.60. The first-order chi connectivity index (χ1) is 17.9. The lowest BCUT2D eigenvalue weighted by Gasteiger charge is -2.20. The summed E-state index contributed by atoms with van der Waals surface area (Å²) in [6.07, 6.45) is 1.90. The van der Waals surface area contributed by atoms with Gasteiger partial charge in [-0.1, -0.05) is 80.9 Å². The Labute approximate surface area is 221 Å². The van der Waals surface area contributed by atoms with Gasteiger partial charge in [-0.2, -0.15) is 0 Å². The highest BCUT2D eigenvalue weighted by Gasteiger charge is 2.18. The fourth-order valence-corrected chi connectivity index (χ4v) is 5.05. The summed E-state index contributed by atoms with van der Waals surface area (Å²) in [4.78, 5) is 4.77. The summed E-state index contributed by atoms with van der Waals surface area (Å²) >= 11 is 6.48. The molecule has 4 heteroatoms. The van der Waals surface area contributed by atoms with Crippen molar-refractivity contribution in [2.24, 2.45) is 0 Å². The molecule has 0 atom stereocenters. The van der Waals surface area contributed by atoms with Crippen LogP contribution in [0.25, 0.3) is 38.8 Å². The molecule has 6 rings (SSSR count). The average Bonchev–Trinajstić information content (AvgIpc) is 3.22. The van der Waals surface area contributed by atoms with Gasteiger partial charge in [0.25, 0.3) is 0 Å². The monoisotopic (exact) mass is 502 g/mol. The standard InChI is InChI=1S/C33H27ClN2O/c1-33(2,3)24-15-16-35-32(19-24)36-30-12-8-7-11-28(30)29-14-13-26(21-31(29)36)37-27-18-23(17-25(34)20-27)22-9-5-4-6-10-22/h4-21H,1-3H3. The number of para-hydroxylation sites is 1. The van der Waals surface area contributed by atoms with Crippen molar-refractivity contribution in [1.29, 1.82) is 0 Å². The molecule has 182 valence electrons. The molecule has 0 bridgehead atoms. The number of nitrogens with zero attached hydrogens (tertiary/aromatic N) is 2. The summed E-state index contributed by atoms with van der Waals surface area (Å²) in [5.74, 6) is 2.33. The number of benzene rings is 4. The molecule has 0 fully saturated rings. The smallest absolute Gasteiger partial charge is 0.137 e. The predicted molar refractivity (Wildman–Crippen MR) is 154 cm³/mol. The van der Waals surface area contributed by atoms with E-state index in [4.69, 9.17) is 21.3 Å². The van der Waals surface area contributed by atoms with Crippen LogP contribution in [-0.2, 0) is 5.41 Å². The molecule has 0 N–H and O–H groups in total. The zero-order valence-electron chi connectivity index (χ0n) is 21.1. The number of rotatable bonds is 4. The second-order valence-electron chi connectivity index (χ2n) is 10.3. The van der Waals surface area contributed by atoms with Crippen LogP contribution >= 0.6 is 11.6 Å². The minimum absolute atomic E-state index is 0.0216. The van der Waals surface area contributed by atoms with Crippen molar-refractivity contribution in [3.8, 4) is 28.4 Å². The summed E-state index contributed by atoms with van der Waals surface area (Å²) in [5, 5.41) is 2.97. The summed E-state index contributed by atoms with van der Waals surface area (Å²) in [5.41, 5.74) is 5.53. The Hall–Kier alpha value is -4.08. The summed E-state index contributed by atoms with van der Waals surface area (Å²) in [6.45, 7) is 6.66. The first-order valence-electron chi connectivity index (χ1n) is 12.4. The van der Waals surface area contributed by atoms with Crippen molar-refractivity contribution < 1.29 is 4.74 Å². The van der Waals surface area contributed by atoms with Crippen molar-refractivity contribution in [3.63, 3.8) is 0 Å². The molecule has 2 heterocycles. The number of hydrogen-bond donors (Lipinski definition) is 0. The van der Waals surface area contributed by atoms with Gasteiger partial charge in [0.1, 0.15) is 17.3 Å². The van der Waals surface area contributed by atoms with Crippen LogP contribution in [0.4, 0.5) is 0 Å². The third-order valence-electron chi connectivity index (χ3n) is 6.70. The van der Waals surface area contributed by atoms with E-state index in [9.17, 15) is 0 Å². The SMILES string of the molecule is CC(C)(C)c1ccnc(-n2c3ccccc3c3ccc(Oc4cc(Cl)cc(-c5ccccc5)c4)cc32)c1. The zero-order valence-corrected chi connectivity index (χ0v) is 21.8. The van der Waals surface area contributed by atoms with Gasteiger partial charge in [-0.05, 0) is 70.6 Å². The highest BCUT2D eigenvalue weighted by molar-refractivity contribution is 6.31. The molecule has 2 aromatic heterocycles. The third-order valence-corrected chi connectivity index (χ3v) is 6.92. The van der Waals surface area contributed by atoms with Crippen molar-refractivity contribution >= 4 is 33.4 Å². The first-order valence-corrected chi connectivity index (χ1v) is 12.8. The Bertz CT molecular complexity index is 1750. The first kappa shape index (κ1) is 23.3. The molecule has 0 radical (unpaired) electrons. The average molecular weight is 503 g/mol. The molecule has 37 heavy (non-hydrogen) atoms. The van der Waals surface area contributed by atoms with Crippen LogP contribution in [-0.4, -0.2) is 9.55 Å². The van der Waals surface area contributed by atoms with E-state index in [1.54, 1.807) is 0 Å². The molecule has 0 aliphatic carbocycles. The highest BCUT2D eigenvalue weighted by Crippen LogP contribution is 2.37. The topological polar surface area (TPSA) is 27.1 Å². The number of aromatic nitrogens is 2. The molecule has 0 aliphatic rings. The van der Waals surface area contributed by atoms with Crippen molar-refractivity contribution in [2.45, 2.75) is 26.2 Å². The van der Waals surface area contributed by atoms with Gasteiger partial charge >= 0.3 is 0 Å². The molecule has 3 nitrogen and oxygen atoms in total. The van der Waals surface area contributed by atoms with Gasteiger partial charge in [0.2, 0.25) is 0 Å². The highest BCUT2D eigenvalue weighted by atomic mass is 35.5. The van der Waals surface area contributed by atoms with Gasteiger partial charge < -0.3 is 4.74 Å². The predicted octanol–water partition coefficient (Wildman–Crippen LogP) is 9.59.